The van der Waals surface area contributed by atoms with Crippen molar-refractivity contribution in [3.8, 4) is 0 Å². The lowest BCUT2D eigenvalue weighted by Crippen LogP contribution is -2.37. The Bertz CT molecular complexity index is 239. The predicted molar refractivity (Wildman–Crippen MR) is 77.3 cm³/mol. The van der Waals surface area contributed by atoms with Gasteiger partial charge in [-0.05, 0) is 51.9 Å². The van der Waals surface area contributed by atoms with Gasteiger partial charge in [0.2, 0.25) is 0 Å². The summed E-state index contributed by atoms with van der Waals surface area (Å²) in [5.41, 5.74) is 1.83. The molecule has 0 radical (unpaired) electrons. The van der Waals surface area contributed by atoms with Crippen LogP contribution in [0.1, 0.15) is 66.7 Å². The van der Waals surface area contributed by atoms with E-state index < -0.39 is 0 Å². The lowest BCUT2D eigenvalue weighted by atomic mass is 9.82. The summed E-state index contributed by atoms with van der Waals surface area (Å²) in [6, 6.07) is 0. The highest BCUT2D eigenvalue weighted by Gasteiger charge is 2.17. The Morgan fingerprint density at radius 3 is 2.24 bits per heavy atom. The van der Waals surface area contributed by atoms with E-state index in [-0.39, 0.29) is 5.54 Å². The Kier molecular flexibility index (Phi) is 5.72. The first-order valence-corrected chi connectivity index (χ1v) is 7.35. The van der Waals surface area contributed by atoms with Crippen molar-refractivity contribution in [1.29, 1.82) is 0 Å². The van der Waals surface area contributed by atoms with Gasteiger partial charge in [0.1, 0.15) is 0 Å². The van der Waals surface area contributed by atoms with Crippen molar-refractivity contribution >= 4 is 0 Å². The lowest BCUT2D eigenvalue weighted by molar-refractivity contribution is 0.328. The monoisotopic (exact) mass is 237 g/mol. The first-order chi connectivity index (χ1) is 7.90. The summed E-state index contributed by atoms with van der Waals surface area (Å²) < 4.78 is 0. The molecule has 1 aliphatic rings. The van der Waals surface area contributed by atoms with Crippen molar-refractivity contribution in [3.63, 3.8) is 0 Å². The maximum Gasteiger partial charge on any atom is 0.0169 e. The van der Waals surface area contributed by atoms with Gasteiger partial charge in [0, 0.05) is 12.1 Å². The van der Waals surface area contributed by atoms with Gasteiger partial charge in [-0.15, -0.1) is 0 Å². The van der Waals surface area contributed by atoms with Gasteiger partial charge in [0.05, 0.1) is 0 Å². The molecule has 0 saturated heterocycles. The molecule has 0 heterocycles. The molecule has 0 aliphatic heterocycles. The van der Waals surface area contributed by atoms with Crippen LogP contribution in [0.5, 0.6) is 0 Å². The molecule has 100 valence electrons. The summed E-state index contributed by atoms with van der Waals surface area (Å²) in [4.78, 5) is 0. The standard InChI is InChI=1S/C16H31N/c1-6-14(12-17-16(3,4)5)11-15-9-7-13(2)8-10-15/h11,13,15,17H,6-10,12H2,1-5H3. The second-order valence-electron chi connectivity index (χ2n) is 6.80. The number of nitrogens with one attached hydrogen (secondary N) is 1. The predicted octanol–water partition coefficient (Wildman–Crippen LogP) is 4.54. The number of allylic oxidation sites excluding steroid dienone is 1. The second-order valence-corrected chi connectivity index (χ2v) is 6.80. The van der Waals surface area contributed by atoms with Crippen LogP contribution < -0.4 is 5.32 Å². The summed E-state index contributed by atoms with van der Waals surface area (Å²) in [5.74, 6) is 1.81. The average Bonchev–Trinajstić information content (AvgIpc) is 2.25. The fraction of sp³-hybridized carbons (Fsp3) is 0.875. The molecule has 0 aromatic carbocycles. The van der Waals surface area contributed by atoms with E-state index in [4.69, 9.17) is 0 Å². The van der Waals surface area contributed by atoms with Crippen LogP contribution in [0.2, 0.25) is 0 Å². The Labute approximate surface area is 108 Å². The zero-order valence-electron chi connectivity index (χ0n) is 12.5. The van der Waals surface area contributed by atoms with Gasteiger partial charge in [-0.2, -0.15) is 0 Å². The second kappa shape index (κ2) is 6.58. The number of hydrogen-bond donors (Lipinski definition) is 1. The minimum absolute atomic E-state index is 0.231. The highest BCUT2D eigenvalue weighted by molar-refractivity contribution is 5.07. The minimum atomic E-state index is 0.231. The molecule has 1 nitrogen and oxygen atoms in total. The molecule has 1 fully saturated rings. The van der Waals surface area contributed by atoms with Crippen LogP contribution in [0, 0.1) is 11.8 Å². The maximum atomic E-state index is 3.60. The summed E-state index contributed by atoms with van der Waals surface area (Å²) >= 11 is 0. The number of rotatable bonds is 4. The Hall–Kier alpha value is -0.300. The fourth-order valence-electron chi connectivity index (χ4n) is 2.47. The molecule has 1 saturated carbocycles. The van der Waals surface area contributed by atoms with Crippen LogP contribution in [-0.2, 0) is 0 Å². The average molecular weight is 237 g/mol. The minimum Gasteiger partial charge on any atom is -0.308 e. The van der Waals surface area contributed by atoms with Crippen molar-refractivity contribution in [2.24, 2.45) is 11.8 Å². The van der Waals surface area contributed by atoms with Gasteiger partial charge in [-0.3, -0.25) is 0 Å². The van der Waals surface area contributed by atoms with Gasteiger partial charge in [0.15, 0.2) is 0 Å². The van der Waals surface area contributed by atoms with Gasteiger partial charge >= 0.3 is 0 Å². The van der Waals surface area contributed by atoms with Crippen LogP contribution >= 0.6 is 0 Å². The van der Waals surface area contributed by atoms with Crippen LogP contribution in [0.3, 0.4) is 0 Å². The van der Waals surface area contributed by atoms with E-state index in [2.05, 4.69) is 46.0 Å². The largest absolute Gasteiger partial charge is 0.308 e. The van der Waals surface area contributed by atoms with Crippen LogP contribution in [-0.4, -0.2) is 12.1 Å². The van der Waals surface area contributed by atoms with Crippen molar-refractivity contribution in [2.45, 2.75) is 72.3 Å². The van der Waals surface area contributed by atoms with Crippen LogP contribution in [0.4, 0.5) is 0 Å². The molecule has 1 heteroatoms. The molecule has 1 rings (SSSR count). The third-order valence-corrected chi connectivity index (χ3v) is 3.83. The molecule has 0 bridgehead atoms. The van der Waals surface area contributed by atoms with E-state index in [1.54, 1.807) is 5.57 Å². The van der Waals surface area contributed by atoms with E-state index in [0.717, 1.165) is 18.4 Å². The van der Waals surface area contributed by atoms with Gasteiger partial charge < -0.3 is 5.32 Å². The first kappa shape index (κ1) is 14.8. The molecule has 1 N–H and O–H groups in total. The van der Waals surface area contributed by atoms with Crippen LogP contribution in [0.15, 0.2) is 11.6 Å². The molecule has 1 aliphatic carbocycles. The quantitative estimate of drug-likeness (QED) is 0.708. The molecular weight excluding hydrogens is 206 g/mol. The molecule has 17 heavy (non-hydrogen) atoms. The zero-order chi connectivity index (χ0) is 12.9. The summed E-state index contributed by atoms with van der Waals surface area (Å²) in [6.45, 7) is 12.4. The Morgan fingerprint density at radius 2 is 1.76 bits per heavy atom. The molecule has 0 aromatic heterocycles. The smallest absolute Gasteiger partial charge is 0.0169 e. The highest BCUT2D eigenvalue weighted by Crippen LogP contribution is 2.30. The molecule has 0 unspecified atom stereocenters. The van der Waals surface area contributed by atoms with E-state index in [0.29, 0.717) is 0 Å². The molecule has 0 spiro atoms. The third kappa shape index (κ3) is 6.26. The van der Waals surface area contributed by atoms with E-state index in [9.17, 15) is 0 Å². The molecule has 0 atom stereocenters. The van der Waals surface area contributed by atoms with Crippen LogP contribution in [0.25, 0.3) is 0 Å². The normalized spacial score (nSPS) is 27.2. The van der Waals surface area contributed by atoms with E-state index in [1.165, 1.54) is 32.1 Å². The highest BCUT2D eigenvalue weighted by atomic mass is 14.9. The Balaban J connectivity index is 2.43. The Morgan fingerprint density at radius 1 is 1.18 bits per heavy atom. The maximum absolute atomic E-state index is 3.60. The summed E-state index contributed by atoms with van der Waals surface area (Å²) in [7, 11) is 0. The fourth-order valence-corrected chi connectivity index (χ4v) is 2.47. The molecule has 0 amide bonds. The first-order valence-electron chi connectivity index (χ1n) is 7.35. The molecular formula is C16H31N. The van der Waals surface area contributed by atoms with E-state index in [1.807, 2.05) is 0 Å². The zero-order valence-corrected chi connectivity index (χ0v) is 12.5. The SMILES string of the molecule is CCC(=CC1CCC(C)CC1)CNC(C)(C)C. The number of hydrogen-bond acceptors (Lipinski definition) is 1. The topological polar surface area (TPSA) is 12.0 Å². The molecule has 0 aromatic rings. The van der Waals surface area contributed by atoms with Gasteiger partial charge in [-0.25, -0.2) is 0 Å². The van der Waals surface area contributed by atoms with Crippen molar-refractivity contribution in [3.05, 3.63) is 11.6 Å². The summed E-state index contributed by atoms with van der Waals surface area (Å²) in [5, 5.41) is 3.60. The van der Waals surface area contributed by atoms with Gasteiger partial charge in [0.25, 0.3) is 0 Å². The van der Waals surface area contributed by atoms with Crippen molar-refractivity contribution in [1.82, 2.24) is 5.32 Å². The van der Waals surface area contributed by atoms with Crippen molar-refractivity contribution in [2.75, 3.05) is 6.54 Å². The third-order valence-electron chi connectivity index (χ3n) is 3.83. The van der Waals surface area contributed by atoms with Crippen molar-refractivity contribution < 1.29 is 0 Å². The van der Waals surface area contributed by atoms with E-state index >= 15 is 0 Å². The summed E-state index contributed by atoms with van der Waals surface area (Å²) in [6.07, 6.45) is 9.40. The van der Waals surface area contributed by atoms with Gasteiger partial charge in [-0.1, -0.05) is 38.3 Å². The lowest BCUT2D eigenvalue weighted by Gasteiger charge is -2.26.